The van der Waals surface area contributed by atoms with Crippen molar-refractivity contribution in [2.45, 2.75) is 113 Å². The van der Waals surface area contributed by atoms with Crippen molar-refractivity contribution in [3.05, 3.63) is 100 Å². The van der Waals surface area contributed by atoms with Crippen LogP contribution in [0.1, 0.15) is 117 Å². The predicted octanol–water partition coefficient (Wildman–Crippen LogP) is 7.76. The number of hydrogen-bond acceptors (Lipinski definition) is 13. The number of pyridine rings is 2. The summed E-state index contributed by atoms with van der Waals surface area (Å²) in [6.07, 6.45) is 7.06. The first kappa shape index (κ1) is 51.6. The van der Waals surface area contributed by atoms with E-state index in [1.54, 1.807) is 12.1 Å². The van der Waals surface area contributed by atoms with Crippen LogP contribution in [0, 0.1) is 16.5 Å². The molecule has 2 aromatic carbocycles. The molecular weight excluding hydrogens is 950 g/mol. The van der Waals surface area contributed by atoms with Crippen molar-refractivity contribution >= 4 is 38.9 Å². The molecule has 0 radical (unpaired) electrons. The van der Waals surface area contributed by atoms with Gasteiger partial charge < -0.3 is 35.1 Å². The number of anilines is 2. The monoisotopic (exact) mass is 1020 g/mol. The average molecular weight is 1020 g/mol. The number of rotatable bonds is 16. The molecule has 2 atom stereocenters. The molecule has 4 fully saturated rings. The van der Waals surface area contributed by atoms with Gasteiger partial charge in [-0.3, -0.25) is 14.6 Å². The summed E-state index contributed by atoms with van der Waals surface area (Å²) in [5.41, 5.74) is 3.19. The van der Waals surface area contributed by atoms with Gasteiger partial charge in [-0.2, -0.15) is 0 Å². The molecule has 4 heterocycles. The SMILES string of the molecule is COc1nc2c(cc1Oc1cc(N3CCC4(CC3)CC(N3CCN(CC(F)F)CC3c3ccccc3C(C)C)C4)ccc1C(=O)NS(=O)(=O)c1cnc(NCC3CCC(C)(O)CC3)c([NH+](C)[O-])c1)C(F)=CC2. The van der Waals surface area contributed by atoms with Crippen LogP contribution in [0.2, 0.25) is 0 Å². The Bertz CT molecular complexity index is 2770. The van der Waals surface area contributed by atoms with Crippen molar-refractivity contribution in [1.82, 2.24) is 24.5 Å². The van der Waals surface area contributed by atoms with Crippen LogP contribution in [0.15, 0.2) is 71.8 Å². The molecule has 2 saturated carbocycles. The zero-order valence-electron chi connectivity index (χ0n) is 41.7. The van der Waals surface area contributed by atoms with E-state index in [-0.39, 0.29) is 70.4 Å². The van der Waals surface area contributed by atoms with Crippen molar-refractivity contribution in [3.63, 3.8) is 0 Å². The van der Waals surface area contributed by atoms with Crippen molar-refractivity contribution in [3.8, 4) is 17.4 Å². The van der Waals surface area contributed by atoms with E-state index in [1.165, 1.54) is 49.6 Å². The number of alkyl halides is 2. The molecule has 9 rings (SSSR count). The summed E-state index contributed by atoms with van der Waals surface area (Å²) in [6.45, 7) is 9.71. The van der Waals surface area contributed by atoms with E-state index >= 15 is 0 Å². The van der Waals surface area contributed by atoms with Gasteiger partial charge in [-0.1, -0.05) is 38.1 Å². The molecule has 2 unspecified atom stereocenters. The van der Waals surface area contributed by atoms with Gasteiger partial charge in [-0.05, 0) is 111 Å². The number of benzene rings is 2. The molecule has 2 saturated heterocycles. The number of carbonyl (C=O) groups excluding carboxylic acids is 1. The van der Waals surface area contributed by atoms with E-state index in [1.807, 2.05) is 24.0 Å². The first-order chi connectivity index (χ1) is 34.3. The van der Waals surface area contributed by atoms with Gasteiger partial charge in [0.25, 0.3) is 28.2 Å². The van der Waals surface area contributed by atoms with Crippen LogP contribution in [0.25, 0.3) is 5.83 Å². The number of carbonyl (C=O) groups is 1. The summed E-state index contributed by atoms with van der Waals surface area (Å²) < 4.78 is 84.2. The van der Waals surface area contributed by atoms with Gasteiger partial charge in [0.2, 0.25) is 0 Å². The number of allylic oxidation sites excluding steroid dienone is 1. The van der Waals surface area contributed by atoms with Gasteiger partial charge in [-0.25, -0.2) is 36.3 Å². The Balaban J connectivity index is 0.924. The van der Waals surface area contributed by atoms with Crippen molar-refractivity contribution in [2.75, 3.05) is 70.2 Å². The third-order valence-corrected chi connectivity index (χ3v) is 17.1. The van der Waals surface area contributed by atoms with Crippen LogP contribution in [0.3, 0.4) is 0 Å². The zero-order valence-corrected chi connectivity index (χ0v) is 42.5. The molecule has 4 aromatic rings. The minimum atomic E-state index is -4.60. The lowest BCUT2D eigenvalue weighted by Crippen LogP contribution is -2.98. The number of ether oxygens (including phenoxy) is 2. The molecule has 1 amide bonds. The summed E-state index contributed by atoms with van der Waals surface area (Å²) in [5, 5.41) is 26.0. The number of quaternary nitrogens is 1. The Labute approximate surface area is 420 Å². The predicted molar refractivity (Wildman–Crippen MR) is 269 cm³/mol. The molecule has 2 aromatic heterocycles. The number of fused-ring (bicyclic) bond motifs is 1. The molecule has 15 nitrogen and oxygen atoms in total. The largest absolute Gasteiger partial charge is 0.629 e. The fourth-order valence-electron chi connectivity index (χ4n) is 11.6. The van der Waals surface area contributed by atoms with Crippen LogP contribution in [-0.4, -0.2) is 117 Å². The number of piperazine rings is 1. The maximum Gasteiger partial charge on any atom is 0.268 e. The van der Waals surface area contributed by atoms with Crippen molar-refractivity contribution in [1.29, 1.82) is 0 Å². The number of hydroxylamine groups is 1. The number of sulfonamides is 1. The highest BCUT2D eigenvalue weighted by Crippen LogP contribution is 2.53. The Morgan fingerprint density at radius 1 is 1.01 bits per heavy atom. The second-order valence-electron chi connectivity index (χ2n) is 21.1. The molecule has 72 heavy (non-hydrogen) atoms. The van der Waals surface area contributed by atoms with E-state index in [9.17, 15) is 36.7 Å². The van der Waals surface area contributed by atoms with Gasteiger partial charge in [0.05, 0.1) is 43.8 Å². The van der Waals surface area contributed by atoms with Gasteiger partial charge in [-0.15, -0.1) is 0 Å². The van der Waals surface area contributed by atoms with Gasteiger partial charge >= 0.3 is 0 Å². The Hall–Kier alpha value is -5.31. The summed E-state index contributed by atoms with van der Waals surface area (Å²) in [5.74, 6) is -0.679. The van der Waals surface area contributed by atoms with E-state index in [0.29, 0.717) is 63.2 Å². The zero-order chi connectivity index (χ0) is 51.1. The Morgan fingerprint density at radius 3 is 2.44 bits per heavy atom. The molecule has 0 bridgehead atoms. The summed E-state index contributed by atoms with van der Waals surface area (Å²) >= 11 is 0. The van der Waals surface area contributed by atoms with Gasteiger partial charge in [0.1, 0.15) is 16.5 Å². The number of nitrogens with one attached hydrogen (secondary N) is 3. The Kier molecular flexibility index (Phi) is 15.0. The smallest absolute Gasteiger partial charge is 0.268 e. The maximum atomic E-state index is 14.9. The number of amides is 1. The third-order valence-electron chi connectivity index (χ3n) is 15.8. The molecule has 388 valence electrons. The molecule has 5 aliphatic rings. The minimum Gasteiger partial charge on any atom is -0.629 e. The van der Waals surface area contributed by atoms with Crippen LogP contribution >= 0.6 is 0 Å². The lowest BCUT2D eigenvalue weighted by Gasteiger charge is -2.58. The molecule has 3 aliphatic carbocycles. The number of hydrogen-bond donors (Lipinski definition) is 4. The Morgan fingerprint density at radius 2 is 1.75 bits per heavy atom. The van der Waals surface area contributed by atoms with Crippen molar-refractivity contribution in [2.24, 2.45) is 11.3 Å². The highest BCUT2D eigenvalue weighted by Gasteiger charge is 2.50. The third kappa shape index (κ3) is 11.1. The topological polar surface area (TPSA) is 177 Å². The molecule has 19 heteroatoms. The normalized spacial score (nSPS) is 23.2. The fraction of sp³-hybridized carbons (Fsp3) is 0.528. The number of nitrogens with zero attached hydrogens (tertiary/aromatic N) is 5. The van der Waals surface area contributed by atoms with Crippen molar-refractivity contribution < 1.29 is 46.0 Å². The highest BCUT2D eigenvalue weighted by atomic mass is 32.2. The van der Waals surface area contributed by atoms with Gasteiger partial charge in [0, 0.05) is 81.2 Å². The van der Waals surface area contributed by atoms with E-state index in [2.05, 4.69) is 55.8 Å². The lowest BCUT2D eigenvalue weighted by molar-refractivity contribution is -0.751. The second kappa shape index (κ2) is 20.9. The molecule has 2 aliphatic heterocycles. The van der Waals surface area contributed by atoms with E-state index < -0.39 is 43.7 Å². The van der Waals surface area contributed by atoms with Crippen LogP contribution in [0.4, 0.5) is 30.4 Å². The standard InChI is InChI=1S/C53H67F3N8O7S/c1-33(2)38-8-6-7-9-39(38)45-31-62(32-48(55)56)22-23-64(45)36-27-53(28-36)18-20-63(21-19-53)35-10-11-40(46(24-35)71-47-26-41-42(54)12-13-43(41)59-51(47)70-5)50(65)60-72(68,69)37-25-44(61(4)67)49(58-30-37)57-29-34-14-16-52(3,66)17-15-34/h6-12,24-26,30,33-34,36,45,48,61,66H,13-23,27-29,31-32H2,1-5H3,(H,57,58)(H,60,65). The number of aromatic nitrogens is 2. The summed E-state index contributed by atoms with van der Waals surface area (Å²) in [4.78, 5) is 29.3. The van der Waals surface area contributed by atoms with Crippen LogP contribution in [-0.2, 0) is 16.4 Å². The number of piperidine rings is 1. The average Bonchev–Trinajstić information content (AvgIpc) is 3.70. The molecule has 1 spiro atoms. The summed E-state index contributed by atoms with van der Waals surface area (Å²) in [6, 6.07) is 16.3. The van der Waals surface area contributed by atoms with E-state index in [0.717, 1.165) is 57.0 Å². The summed E-state index contributed by atoms with van der Waals surface area (Å²) in [7, 11) is -1.89. The molecular formula is C53H67F3N8O7S. The van der Waals surface area contributed by atoms with Gasteiger partial charge in [0.15, 0.2) is 17.3 Å². The first-order valence-corrected chi connectivity index (χ1v) is 26.7. The maximum absolute atomic E-state index is 14.9. The number of methoxy groups -OCH3 is 1. The highest BCUT2D eigenvalue weighted by molar-refractivity contribution is 7.90. The molecule has 4 N–H and O–H groups in total. The number of halogens is 3. The fourth-order valence-corrected chi connectivity index (χ4v) is 12.5. The second-order valence-corrected chi connectivity index (χ2v) is 22.8. The van der Waals surface area contributed by atoms with Crippen LogP contribution < -0.4 is 29.5 Å². The lowest BCUT2D eigenvalue weighted by atomic mass is 9.59. The first-order valence-electron chi connectivity index (χ1n) is 25.2. The van der Waals surface area contributed by atoms with E-state index in [4.69, 9.17) is 9.47 Å². The van der Waals surface area contributed by atoms with Crippen LogP contribution in [0.5, 0.6) is 17.4 Å². The quantitative estimate of drug-likeness (QED) is 0.0803. The minimum absolute atomic E-state index is 0.0170. The number of aliphatic hydroxyl groups is 1.